The fraction of sp³-hybridized carbons (Fsp3) is 0.533. The lowest BCUT2D eigenvalue weighted by Gasteiger charge is -2.22. The minimum Gasteiger partial charge on any atom is -0.356 e. The predicted molar refractivity (Wildman–Crippen MR) is 91.3 cm³/mol. The van der Waals surface area contributed by atoms with E-state index < -0.39 is 10.0 Å². The molecule has 0 aliphatic heterocycles. The van der Waals surface area contributed by atoms with E-state index in [0.717, 1.165) is 5.56 Å². The molecular weight excluding hydrogens is 319 g/mol. The van der Waals surface area contributed by atoms with E-state index in [1.165, 1.54) is 12.1 Å². The molecule has 2 N–H and O–H groups in total. The highest BCUT2D eigenvalue weighted by Crippen LogP contribution is 2.05. The van der Waals surface area contributed by atoms with Crippen molar-refractivity contribution < 1.29 is 12.8 Å². The van der Waals surface area contributed by atoms with Gasteiger partial charge in [0.2, 0.25) is 10.0 Å². The number of nitrogens with zero attached hydrogens (tertiary/aromatic N) is 2. The van der Waals surface area contributed by atoms with Gasteiger partial charge in [0.15, 0.2) is 5.96 Å². The SMILES string of the molecule is CCS(=O)(=O)NCCCNC(=NC)N(C)Cc1ccc(F)cc1. The first-order chi connectivity index (χ1) is 10.9. The van der Waals surface area contributed by atoms with Crippen molar-refractivity contribution in [3.63, 3.8) is 0 Å². The zero-order valence-electron chi connectivity index (χ0n) is 13.8. The summed E-state index contributed by atoms with van der Waals surface area (Å²) in [5.74, 6) is 0.531. The van der Waals surface area contributed by atoms with Gasteiger partial charge in [-0.15, -0.1) is 0 Å². The molecule has 0 unspecified atom stereocenters. The number of benzene rings is 1. The van der Waals surface area contributed by atoms with E-state index >= 15 is 0 Å². The van der Waals surface area contributed by atoms with E-state index in [1.807, 2.05) is 11.9 Å². The van der Waals surface area contributed by atoms with Crippen molar-refractivity contribution in [3.05, 3.63) is 35.6 Å². The maximum Gasteiger partial charge on any atom is 0.211 e. The molecule has 0 aromatic heterocycles. The van der Waals surface area contributed by atoms with Crippen molar-refractivity contribution in [2.75, 3.05) is 32.9 Å². The van der Waals surface area contributed by atoms with Gasteiger partial charge in [-0.2, -0.15) is 0 Å². The van der Waals surface area contributed by atoms with Crippen molar-refractivity contribution >= 4 is 16.0 Å². The van der Waals surface area contributed by atoms with Crippen LogP contribution in [0.1, 0.15) is 18.9 Å². The normalized spacial score (nSPS) is 12.3. The number of halogens is 1. The molecule has 0 atom stereocenters. The second kappa shape index (κ2) is 9.46. The lowest BCUT2D eigenvalue weighted by atomic mass is 10.2. The third kappa shape index (κ3) is 7.43. The number of hydrogen-bond acceptors (Lipinski definition) is 3. The van der Waals surface area contributed by atoms with Crippen LogP contribution in [0.3, 0.4) is 0 Å². The first kappa shape index (κ1) is 19.4. The second-order valence-electron chi connectivity index (χ2n) is 5.11. The maximum absolute atomic E-state index is 12.9. The average Bonchev–Trinajstić information content (AvgIpc) is 2.53. The van der Waals surface area contributed by atoms with Crippen LogP contribution < -0.4 is 10.0 Å². The Labute approximate surface area is 137 Å². The molecule has 0 saturated carbocycles. The monoisotopic (exact) mass is 344 g/mol. The van der Waals surface area contributed by atoms with Crippen LogP contribution in [-0.2, 0) is 16.6 Å². The highest BCUT2D eigenvalue weighted by atomic mass is 32.2. The first-order valence-corrected chi connectivity index (χ1v) is 9.16. The summed E-state index contributed by atoms with van der Waals surface area (Å²) in [6.07, 6.45) is 0.655. The van der Waals surface area contributed by atoms with Gasteiger partial charge in [0.1, 0.15) is 5.82 Å². The lowest BCUT2D eigenvalue weighted by Crippen LogP contribution is -2.39. The Kier molecular flexibility index (Phi) is 7.97. The second-order valence-corrected chi connectivity index (χ2v) is 7.20. The van der Waals surface area contributed by atoms with Crippen molar-refractivity contribution in [2.45, 2.75) is 19.9 Å². The Morgan fingerprint density at radius 2 is 1.91 bits per heavy atom. The molecule has 6 nitrogen and oxygen atoms in total. The van der Waals surface area contributed by atoms with Crippen LogP contribution in [0.5, 0.6) is 0 Å². The van der Waals surface area contributed by atoms with Gasteiger partial charge in [-0.25, -0.2) is 17.5 Å². The molecule has 130 valence electrons. The quantitative estimate of drug-likeness (QED) is 0.422. The Hall–Kier alpha value is -1.67. The van der Waals surface area contributed by atoms with Gasteiger partial charge in [0.05, 0.1) is 5.75 Å². The molecule has 0 aliphatic carbocycles. The van der Waals surface area contributed by atoms with Gasteiger partial charge < -0.3 is 10.2 Å². The van der Waals surface area contributed by atoms with E-state index in [9.17, 15) is 12.8 Å². The molecule has 0 fully saturated rings. The molecular formula is C15H25FN4O2S. The molecule has 0 aliphatic rings. The Morgan fingerprint density at radius 1 is 1.26 bits per heavy atom. The first-order valence-electron chi connectivity index (χ1n) is 7.51. The maximum atomic E-state index is 12.9. The number of guanidine groups is 1. The number of rotatable bonds is 8. The van der Waals surface area contributed by atoms with Crippen LogP contribution >= 0.6 is 0 Å². The number of hydrogen-bond donors (Lipinski definition) is 2. The van der Waals surface area contributed by atoms with E-state index in [1.54, 1.807) is 26.1 Å². The molecule has 1 aromatic rings. The van der Waals surface area contributed by atoms with Gasteiger partial charge in [-0.05, 0) is 31.0 Å². The van der Waals surface area contributed by atoms with E-state index in [0.29, 0.717) is 32.0 Å². The zero-order valence-corrected chi connectivity index (χ0v) is 14.7. The summed E-state index contributed by atoms with van der Waals surface area (Å²) >= 11 is 0. The predicted octanol–water partition coefficient (Wildman–Crippen LogP) is 1.16. The molecule has 0 bridgehead atoms. The molecule has 0 spiro atoms. The van der Waals surface area contributed by atoms with E-state index in [-0.39, 0.29) is 11.6 Å². The molecule has 0 amide bonds. The molecule has 23 heavy (non-hydrogen) atoms. The summed E-state index contributed by atoms with van der Waals surface area (Å²) in [7, 11) is 0.436. The highest BCUT2D eigenvalue weighted by Gasteiger charge is 2.07. The van der Waals surface area contributed by atoms with Gasteiger partial charge in [-0.3, -0.25) is 4.99 Å². The highest BCUT2D eigenvalue weighted by molar-refractivity contribution is 7.89. The fourth-order valence-corrected chi connectivity index (χ4v) is 2.60. The third-order valence-electron chi connectivity index (χ3n) is 3.25. The summed E-state index contributed by atoms with van der Waals surface area (Å²) in [6, 6.07) is 6.33. The zero-order chi connectivity index (χ0) is 17.3. The largest absolute Gasteiger partial charge is 0.356 e. The molecule has 1 aromatic carbocycles. The van der Waals surface area contributed by atoms with Crippen LogP contribution in [0.25, 0.3) is 0 Å². The molecule has 8 heteroatoms. The topological polar surface area (TPSA) is 73.8 Å². The van der Waals surface area contributed by atoms with Crippen LogP contribution in [0, 0.1) is 5.82 Å². The Bertz CT molecular complexity index is 602. The van der Waals surface area contributed by atoms with E-state index in [2.05, 4.69) is 15.0 Å². The van der Waals surface area contributed by atoms with E-state index in [4.69, 9.17) is 0 Å². The van der Waals surface area contributed by atoms with Gasteiger partial charge in [0.25, 0.3) is 0 Å². The van der Waals surface area contributed by atoms with Crippen molar-refractivity contribution in [1.82, 2.24) is 14.9 Å². The van der Waals surface area contributed by atoms with Gasteiger partial charge >= 0.3 is 0 Å². The molecule has 0 heterocycles. The Balaban J connectivity index is 2.37. The third-order valence-corrected chi connectivity index (χ3v) is 4.65. The number of sulfonamides is 1. The van der Waals surface area contributed by atoms with Crippen molar-refractivity contribution in [1.29, 1.82) is 0 Å². The van der Waals surface area contributed by atoms with Crippen molar-refractivity contribution in [2.24, 2.45) is 4.99 Å². The Morgan fingerprint density at radius 3 is 2.48 bits per heavy atom. The molecule has 0 radical (unpaired) electrons. The van der Waals surface area contributed by atoms with Crippen LogP contribution in [0.15, 0.2) is 29.3 Å². The summed E-state index contributed by atoms with van der Waals surface area (Å²) in [6.45, 7) is 3.20. The fourth-order valence-electron chi connectivity index (χ4n) is 1.94. The number of aliphatic imine (C=N–C) groups is 1. The van der Waals surface area contributed by atoms with Gasteiger partial charge in [0, 0.05) is 33.7 Å². The van der Waals surface area contributed by atoms with Crippen LogP contribution in [0.2, 0.25) is 0 Å². The minimum atomic E-state index is -3.14. The lowest BCUT2D eigenvalue weighted by molar-refractivity contribution is 0.475. The van der Waals surface area contributed by atoms with Crippen molar-refractivity contribution in [3.8, 4) is 0 Å². The minimum absolute atomic E-state index is 0.0858. The summed E-state index contributed by atoms with van der Waals surface area (Å²) < 4.78 is 38.0. The molecule has 0 saturated heterocycles. The van der Waals surface area contributed by atoms with Gasteiger partial charge in [-0.1, -0.05) is 12.1 Å². The van der Waals surface area contributed by atoms with Crippen LogP contribution in [0.4, 0.5) is 4.39 Å². The summed E-state index contributed by atoms with van der Waals surface area (Å²) in [5, 5.41) is 3.17. The van der Waals surface area contributed by atoms with Crippen LogP contribution in [-0.4, -0.2) is 52.2 Å². The summed E-state index contributed by atoms with van der Waals surface area (Å²) in [4.78, 5) is 6.10. The number of nitrogens with one attached hydrogen (secondary N) is 2. The molecule has 1 rings (SSSR count). The summed E-state index contributed by atoms with van der Waals surface area (Å²) in [5.41, 5.74) is 0.979. The standard InChI is InChI=1S/C15H25FN4O2S/c1-4-23(21,22)19-11-5-10-18-15(17-2)20(3)12-13-6-8-14(16)9-7-13/h6-9,19H,4-5,10-12H2,1-3H3,(H,17,18). The average molecular weight is 344 g/mol. The smallest absolute Gasteiger partial charge is 0.211 e.